The first kappa shape index (κ1) is 19.5. The lowest BCUT2D eigenvalue weighted by molar-refractivity contribution is -0.125. The lowest BCUT2D eigenvalue weighted by Gasteiger charge is -2.21. The van der Waals surface area contributed by atoms with E-state index >= 15 is 0 Å². The van der Waals surface area contributed by atoms with Gasteiger partial charge in [-0.1, -0.05) is 6.07 Å². The van der Waals surface area contributed by atoms with Gasteiger partial charge in [0.15, 0.2) is 11.5 Å². The second-order valence-corrected chi connectivity index (χ2v) is 6.36. The van der Waals surface area contributed by atoms with Gasteiger partial charge in [-0.15, -0.1) is 0 Å². The number of cyclic esters (lactones) is 1. The number of amides is 2. The molecule has 1 aromatic carbocycles. The Morgan fingerprint density at radius 2 is 2.14 bits per heavy atom. The topological polar surface area (TPSA) is 94.9 Å². The molecule has 1 aromatic heterocycles. The van der Waals surface area contributed by atoms with Crippen molar-refractivity contribution in [1.29, 1.82) is 0 Å². The average Bonchev–Trinajstić information content (AvgIpc) is 3.35. The number of nitrogens with one attached hydrogen (secondary N) is 1. The van der Waals surface area contributed by atoms with Crippen molar-refractivity contribution in [3.8, 4) is 11.5 Å². The molecule has 1 atom stereocenters. The monoisotopic (exact) mass is 388 g/mol. The third-order valence-corrected chi connectivity index (χ3v) is 4.53. The Morgan fingerprint density at radius 3 is 2.86 bits per heavy atom. The number of nitrogens with zero attached hydrogens (tertiary/aromatic N) is 3. The fraction of sp³-hybridized carbons (Fsp3) is 0.421. The van der Waals surface area contributed by atoms with Crippen LogP contribution in [-0.2, 0) is 22.6 Å². The maximum absolute atomic E-state index is 12.5. The molecule has 1 saturated heterocycles. The van der Waals surface area contributed by atoms with Crippen molar-refractivity contribution in [3.05, 3.63) is 42.5 Å². The predicted molar refractivity (Wildman–Crippen MR) is 100 cm³/mol. The summed E-state index contributed by atoms with van der Waals surface area (Å²) in [5, 5.41) is 2.87. The third-order valence-electron chi connectivity index (χ3n) is 4.53. The van der Waals surface area contributed by atoms with Crippen LogP contribution in [0.4, 0.5) is 4.79 Å². The van der Waals surface area contributed by atoms with Gasteiger partial charge in [0.05, 0.1) is 27.1 Å². The van der Waals surface area contributed by atoms with E-state index in [1.807, 2.05) is 16.8 Å². The molecular weight excluding hydrogens is 364 g/mol. The molecule has 0 saturated carbocycles. The summed E-state index contributed by atoms with van der Waals surface area (Å²) < 4.78 is 17.6. The van der Waals surface area contributed by atoms with Gasteiger partial charge in [-0.05, 0) is 24.1 Å². The van der Waals surface area contributed by atoms with Gasteiger partial charge in [-0.2, -0.15) is 0 Å². The van der Waals surface area contributed by atoms with Crippen LogP contribution >= 0.6 is 0 Å². The van der Waals surface area contributed by atoms with Crippen molar-refractivity contribution in [2.45, 2.75) is 25.6 Å². The minimum Gasteiger partial charge on any atom is -0.493 e. The van der Waals surface area contributed by atoms with Crippen molar-refractivity contribution in [1.82, 2.24) is 19.8 Å². The number of imidazole rings is 1. The molecule has 1 N–H and O–H groups in total. The summed E-state index contributed by atoms with van der Waals surface area (Å²) in [7, 11) is 3.11. The molecule has 2 heterocycles. The molecule has 2 aromatic rings. The molecule has 150 valence electrons. The van der Waals surface area contributed by atoms with Crippen molar-refractivity contribution in [2.75, 3.05) is 27.4 Å². The molecule has 0 spiro atoms. The number of benzene rings is 1. The fourth-order valence-electron chi connectivity index (χ4n) is 3.03. The number of hydrogen-bond donors (Lipinski definition) is 1. The number of rotatable bonds is 9. The minimum atomic E-state index is -0.658. The Balaban J connectivity index is 1.57. The molecule has 3 rings (SSSR count). The summed E-state index contributed by atoms with van der Waals surface area (Å²) in [6, 6.07) is 4.71. The van der Waals surface area contributed by atoms with Crippen LogP contribution in [0.5, 0.6) is 11.5 Å². The third kappa shape index (κ3) is 4.54. The lowest BCUT2D eigenvalue weighted by Crippen LogP contribution is -2.45. The fourth-order valence-corrected chi connectivity index (χ4v) is 3.03. The number of hydrogen-bond acceptors (Lipinski definition) is 6. The Hall–Kier alpha value is -3.23. The molecule has 1 aliphatic rings. The molecule has 0 unspecified atom stereocenters. The van der Waals surface area contributed by atoms with Crippen LogP contribution in [0, 0.1) is 0 Å². The molecule has 28 heavy (non-hydrogen) atoms. The summed E-state index contributed by atoms with van der Waals surface area (Å²) in [5.41, 5.74) is 0.814. The maximum atomic E-state index is 12.5. The molecular formula is C19H24N4O5. The Morgan fingerprint density at radius 1 is 1.32 bits per heavy atom. The van der Waals surface area contributed by atoms with E-state index in [4.69, 9.17) is 14.2 Å². The van der Waals surface area contributed by atoms with Gasteiger partial charge in [0.25, 0.3) is 0 Å². The summed E-state index contributed by atoms with van der Waals surface area (Å²) in [6.07, 6.45) is 5.57. The highest BCUT2D eigenvalue weighted by Crippen LogP contribution is 2.29. The van der Waals surface area contributed by atoms with Gasteiger partial charge in [0, 0.05) is 25.5 Å². The summed E-state index contributed by atoms with van der Waals surface area (Å²) in [5.74, 6) is 0.937. The zero-order valence-electron chi connectivity index (χ0n) is 16.0. The van der Waals surface area contributed by atoms with E-state index < -0.39 is 12.1 Å². The van der Waals surface area contributed by atoms with Crippen LogP contribution in [-0.4, -0.2) is 59.9 Å². The van der Waals surface area contributed by atoms with E-state index in [1.54, 1.807) is 38.9 Å². The SMILES string of the molecule is COc1ccc(CN2C(=O)OC[C@H]2C(=O)NCCCn2ccnc2)cc1OC. The van der Waals surface area contributed by atoms with Gasteiger partial charge in [0.1, 0.15) is 12.6 Å². The number of carbonyl (C=O) groups excluding carboxylic acids is 2. The molecule has 9 nitrogen and oxygen atoms in total. The maximum Gasteiger partial charge on any atom is 0.410 e. The number of aromatic nitrogens is 2. The van der Waals surface area contributed by atoms with Crippen molar-refractivity contribution < 1.29 is 23.8 Å². The van der Waals surface area contributed by atoms with Crippen LogP contribution in [0.25, 0.3) is 0 Å². The smallest absolute Gasteiger partial charge is 0.410 e. The number of carbonyl (C=O) groups is 2. The molecule has 0 bridgehead atoms. The first-order valence-electron chi connectivity index (χ1n) is 9.00. The first-order chi connectivity index (χ1) is 13.6. The van der Waals surface area contributed by atoms with Gasteiger partial charge < -0.3 is 24.1 Å². The first-order valence-corrected chi connectivity index (χ1v) is 9.00. The zero-order chi connectivity index (χ0) is 19.9. The number of ether oxygens (including phenoxy) is 3. The lowest BCUT2D eigenvalue weighted by atomic mass is 10.1. The molecule has 1 aliphatic heterocycles. The summed E-state index contributed by atoms with van der Waals surface area (Å²) >= 11 is 0. The van der Waals surface area contributed by atoms with Gasteiger partial charge in [-0.3, -0.25) is 9.69 Å². The van der Waals surface area contributed by atoms with Crippen molar-refractivity contribution in [2.24, 2.45) is 0 Å². The highest BCUT2D eigenvalue weighted by Gasteiger charge is 2.37. The Kier molecular flexibility index (Phi) is 6.36. The highest BCUT2D eigenvalue weighted by atomic mass is 16.6. The minimum absolute atomic E-state index is 0.0411. The zero-order valence-corrected chi connectivity index (χ0v) is 16.0. The van der Waals surface area contributed by atoms with Crippen molar-refractivity contribution >= 4 is 12.0 Å². The van der Waals surface area contributed by atoms with Gasteiger partial charge >= 0.3 is 6.09 Å². The standard InChI is InChI=1S/C19H24N4O5/c1-26-16-5-4-14(10-17(16)27-2)11-23-15(12-28-19(23)25)18(24)21-6-3-8-22-9-7-20-13-22/h4-5,7,9-10,13,15H,3,6,8,11-12H2,1-2H3,(H,21,24)/t15-/m0/s1. The van der Waals surface area contributed by atoms with Gasteiger partial charge in [0.2, 0.25) is 5.91 Å². The van der Waals surface area contributed by atoms with E-state index in [0.29, 0.717) is 18.0 Å². The predicted octanol–water partition coefficient (Wildman–Crippen LogP) is 1.43. The average molecular weight is 388 g/mol. The second-order valence-electron chi connectivity index (χ2n) is 6.36. The quantitative estimate of drug-likeness (QED) is 0.653. The number of aryl methyl sites for hydroxylation is 1. The van der Waals surface area contributed by atoms with Crippen LogP contribution in [0.3, 0.4) is 0 Å². The molecule has 0 aliphatic carbocycles. The van der Waals surface area contributed by atoms with E-state index in [2.05, 4.69) is 10.3 Å². The van der Waals surface area contributed by atoms with Crippen molar-refractivity contribution in [3.63, 3.8) is 0 Å². The normalized spacial score (nSPS) is 16.0. The summed E-state index contributed by atoms with van der Waals surface area (Å²) in [4.78, 5) is 30.0. The van der Waals surface area contributed by atoms with Crippen LogP contribution in [0.2, 0.25) is 0 Å². The Bertz CT molecular complexity index is 809. The van der Waals surface area contributed by atoms with Gasteiger partial charge in [-0.25, -0.2) is 9.78 Å². The largest absolute Gasteiger partial charge is 0.493 e. The van der Waals surface area contributed by atoms with E-state index in [1.165, 1.54) is 4.90 Å². The molecule has 1 fully saturated rings. The number of methoxy groups -OCH3 is 2. The highest BCUT2D eigenvalue weighted by molar-refractivity contribution is 5.87. The summed E-state index contributed by atoms with van der Waals surface area (Å²) in [6.45, 7) is 1.55. The Labute approximate surface area is 163 Å². The molecule has 9 heteroatoms. The van der Waals surface area contributed by atoms with E-state index in [9.17, 15) is 9.59 Å². The van der Waals surface area contributed by atoms with Crippen LogP contribution in [0.15, 0.2) is 36.9 Å². The molecule has 0 radical (unpaired) electrons. The van der Waals surface area contributed by atoms with Crippen LogP contribution < -0.4 is 14.8 Å². The molecule has 2 amide bonds. The van der Waals surface area contributed by atoms with E-state index in [-0.39, 0.29) is 19.1 Å². The van der Waals surface area contributed by atoms with Crippen LogP contribution in [0.1, 0.15) is 12.0 Å². The van der Waals surface area contributed by atoms with E-state index in [0.717, 1.165) is 18.5 Å². The second kappa shape index (κ2) is 9.12.